The van der Waals surface area contributed by atoms with Crippen LogP contribution in [0.1, 0.15) is 60.8 Å². The molecule has 2 aliphatic rings. The molecule has 1 heteroatoms. The summed E-state index contributed by atoms with van der Waals surface area (Å²) in [4.78, 5) is 2.65. The van der Waals surface area contributed by atoms with E-state index in [1.54, 1.807) is 0 Å². The summed E-state index contributed by atoms with van der Waals surface area (Å²) in [6, 6.07) is 0. The van der Waals surface area contributed by atoms with Crippen molar-refractivity contribution in [3.8, 4) is 0 Å². The molecular formula is C15H29N. The second-order valence-electron chi connectivity index (χ2n) is 8.39. The Labute approximate surface area is 102 Å². The van der Waals surface area contributed by atoms with E-state index in [1.165, 1.54) is 32.4 Å². The van der Waals surface area contributed by atoms with Gasteiger partial charge in [0.1, 0.15) is 0 Å². The maximum Gasteiger partial charge on any atom is 0.0125 e. The van der Waals surface area contributed by atoms with Crippen LogP contribution >= 0.6 is 0 Å². The Kier molecular flexibility index (Phi) is 2.70. The Bertz CT molecular complexity index is 260. The summed E-state index contributed by atoms with van der Waals surface area (Å²) >= 11 is 0. The molecule has 0 bridgehead atoms. The summed E-state index contributed by atoms with van der Waals surface area (Å²) in [5.41, 5.74) is 1.62. The molecule has 1 heterocycles. The molecule has 1 unspecified atom stereocenters. The van der Waals surface area contributed by atoms with Gasteiger partial charge < -0.3 is 0 Å². The average molecular weight is 223 g/mol. The standard InChI is InChI=1S/C15H29N/c1-13(2,3)9-12-7-8-15(12)10-16(11-15)14(4,5)6/h12H,7-11H2,1-6H3. The number of hydrogen-bond donors (Lipinski definition) is 0. The lowest BCUT2D eigenvalue weighted by atomic mass is 9.52. The Balaban J connectivity index is 1.89. The predicted molar refractivity (Wildman–Crippen MR) is 70.6 cm³/mol. The summed E-state index contributed by atoms with van der Waals surface area (Å²) in [6.07, 6.45) is 4.39. The molecule has 1 spiro atoms. The molecular weight excluding hydrogens is 194 g/mol. The van der Waals surface area contributed by atoms with Crippen molar-refractivity contribution in [1.82, 2.24) is 4.90 Å². The smallest absolute Gasteiger partial charge is 0.0125 e. The van der Waals surface area contributed by atoms with E-state index in [2.05, 4.69) is 46.4 Å². The van der Waals surface area contributed by atoms with Gasteiger partial charge in [-0.2, -0.15) is 0 Å². The zero-order valence-corrected chi connectivity index (χ0v) is 12.1. The van der Waals surface area contributed by atoms with E-state index in [9.17, 15) is 0 Å². The van der Waals surface area contributed by atoms with Crippen LogP contribution in [0, 0.1) is 16.7 Å². The SMILES string of the molecule is CC(C)(C)CC1CCC12CN(C(C)(C)C)C2. The highest BCUT2D eigenvalue weighted by molar-refractivity contribution is 5.08. The van der Waals surface area contributed by atoms with Crippen molar-refractivity contribution >= 4 is 0 Å². The second kappa shape index (κ2) is 3.48. The van der Waals surface area contributed by atoms with Crippen molar-refractivity contribution < 1.29 is 0 Å². The van der Waals surface area contributed by atoms with Crippen molar-refractivity contribution in [3.63, 3.8) is 0 Å². The first-order valence-electron chi connectivity index (χ1n) is 6.88. The Morgan fingerprint density at radius 3 is 1.94 bits per heavy atom. The number of hydrogen-bond acceptors (Lipinski definition) is 1. The van der Waals surface area contributed by atoms with Crippen molar-refractivity contribution in [3.05, 3.63) is 0 Å². The molecule has 0 amide bonds. The molecule has 1 saturated heterocycles. The van der Waals surface area contributed by atoms with Gasteiger partial charge in [0.05, 0.1) is 0 Å². The summed E-state index contributed by atoms with van der Waals surface area (Å²) in [7, 11) is 0. The molecule has 0 N–H and O–H groups in total. The fraction of sp³-hybridized carbons (Fsp3) is 1.00. The predicted octanol–water partition coefficient (Wildman–Crippen LogP) is 3.93. The molecule has 0 aromatic rings. The number of rotatable bonds is 1. The van der Waals surface area contributed by atoms with Gasteiger partial charge in [-0.15, -0.1) is 0 Å². The minimum absolute atomic E-state index is 0.382. The molecule has 16 heavy (non-hydrogen) atoms. The van der Waals surface area contributed by atoms with Gasteiger partial charge in [-0.1, -0.05) is 20.8 Å². The minimum atomic E-state index is 0.382. The van der Waals surface area contributed by atoms with Crippen LogP contribution in [0.5, 0.6) is 0 Å². The van der Waals surface area contributed by atoms with Gasteiger partial charge in [-0.25, -0.2) is 0 Å². The van der Waals surface area contributed by atoms with Crippen LogP contribution < -0.4 is 0 Å². The normalized spacial score (nSPS) is 30.0. The van der Waals surface area contributed by atoms with E-state index < -0.39 is 0 Å². The molecule has 0 aromatic heterocycles. The molecule has 1 aliphatic heterocycles. The molecule has 0 radical (unpaired) electrons. The van der Waals surface area contributed by atoms with Crippen LogP contribution in [-0.2, 0) is 0 Å². The topological polar surface area (TPSA) is 3.24 Å². The third kappa shape index (κ3) is 2.16. The van der Waals surface area contributed by atoms with E-state index in [0.29, 0.717) is 11.0 Å². The van der Waals surface area contributed by atoms with Crippen LogP contribution in [-0.4, -0.2) is 23.5 Å². The van der Waals surface area contributed by atoms with Crippen molar-refractivity contribution in [1.29, 1.82) is 0 Å². The lowest BCUT2D eigenvalue weighted by molar-refractivity contribution is -0.155. The third-order valence-corrected chi connectivity index (χ3v) is 4.68. The highest BCUT2D eigenvalue weighted by Crippen LogP contribution is 2.57. The first-order valence-corrected chi connectivity index (χ1v) is 6.88. The minimum Gasteiger partial charge on any atom is -0.297 e. The van der Waals surface area contributed by atoms with E-state index in [-0.39, 0.29) is 0 Å². The zero-order chi connectivity index (χ0) is 12.2. The maximum absolute atomic E-state index is 2.65. The quantitative estimate of drug-likeness (QED) is 0.651. The van der Waals surface area contributed by atoms with E-state index in [0.717, 1.165) is 11.3 Å². The molecule has 2 fully saturated rings. The zero-order valence-electron chi connectivity index (χ0n) is 12.1. The Hall–Kier alpha value is -0.0400. The first-order chi connectivity index (χ1) is 7.12. The van der Waals surface area contributed by atoms with Gasteiger partial charge in [0.15, 0.2) is 0 Å². The van der Waals surface area contributed by atoms with Crippen molar-refractivity contribution in [2.45, 2.75) is 66.3 Å². The largest absolute Gasteiger partial charge is 0.297 e. The Morgan fingerprint density at radius 1 is 1.06 bits per heavy atom. The number of likely N-dealkylation sites (tertiary alicyclic amines) is 1. The Morgan fingerprint density at radius 2 is 1.62 bits per heavy atom. The van der Waals surface area contributed by atoms with Gasteiger partial charge in [0.25, 0.3) is 0 Å². The third-order valence-electron chi connectivity index (χ3n) is 4.68. The molecule has 94 valence electrons. The van der Waals surface area contributed by atoms with Gasteiger partial charge in [0, 0.05) is 18.6 Å². The lowest BCUT2D eigenvalue weighted by Crippen LogP contribution is -2.68. The van der Waals surface area contributed by atoms with Crippen LogP contribution in [0.4, 0.5) is 0 Å². The lowest BCUT2D eigenvalue weighted by Gasteiger charge is -2.65. The van der Waals surface area contributed by atoms with E-state index in [1.807, 2.05) is 0 Å². The first kappa shape index (κ1) is 12.4. The summed E-state index contributed by atoms with van der Waals surface area (Å²) < 4.78 is 0. The van der Waals surface area contributed by atoms with Crippen LogP contribution in [0.15, 0.2) is 0 Å². The fourth-order valence-corrected chi connectivity index (χ4v) is 3.42. The average Bonchev–Trinajstić information content (AvgIpc) is 1.91. The van der Waals surface area contributed by atoms with E-state index in [4.69, 9.17) is 0 Å². The molecule has 0 aromatic carbocycles. The van der Waals surface area contributed by atoms with Crippen molar-refractivity contribution in [2.75, 3.05) is 13.1 Å². The maximum atomic E-state index is 2.65. The van der Waals surface area contributed by atoms with Crippen LogP contribution in [0.25, 0.3) is 0 Å². The van der Waals surface area contributed by atoms with Crippen LogP contribution in [0.3, 0.4) is 0 Å². The molecule has 1 nitrogen and oxygen atoms in total. The van der Waals surface area contributed by atoms with Gasteiger partial charge in [-0.05, 0) is 56.8 Å². The molecule has 1 aliphatic carbocycles. The molecule has 1 saturated carbocycles. The van der Waals surface area contributed by atoms with E-state index >= 15 is 0 Å². The monoisotopic (exact) mass is 223 g/mol. The van der Waals surface area contributed by atoms with Gasteiger partial charge in [0.2, 0.25) is 0 Å². The summed E-state index contributed by atoms with van der Waals surface area (Å²) in [5, 5.41) is 0. The van der Waals surface area contributed by atoms with Crippen molar-refractivity contribution in [2.24, 2.45) is 16.7 Å². The molecule has 1 atom stereocenters. The van der Waals surface area contributed by atoms with Gasteiger partial charge >= 0.3 is 0 Å². The summed E-state index contributed by atoms with van der Waals surface area (Å²) in [6.45, 7) is 16.9. The summed E-state index contributed by atoms with van der Waals surface area (Å²) in [5.74, 6) is 1.01. The van der Waals surface area contributed by atoms with Gasteiger partial charge in [-0.3, -0.25) is 4.90 Å². The highest BCUT2D eigenvalue weighted by atomic mass is 15.3. The fourth-order valence-electron chi connectivity index (χ4n) is 3.42. The second-order valence-corrected chi connectivity index (χ2v) is 8.39. The molecule has 2 rings (SSSR count). The van der Waals surface area contributed by atoms with Crippen LogP contribution in [0.2, 0.25) is 0 Å². The number of nitrogens with zero attached hydrogens (tertiary/aromatic N) is 1. The highest BCUT2D eigenvalue weighted by Gasteiger charge is 2.56.